The molecule has 0 radical (unpaired) electrons. The molecule has 1 aliphatic heterocycles. The molecule has 2 aromatic rings. The highest BCUT2D eigenvalue weighted by molar-refractivity contribution is 7.10. The number of phenolic OH excluding ortho intramolecular Hbond substituents is 1. The summed E-state index contributed by atoms with van der Waals surface area (Å²) in [7, 11) is 0. The summed E-state index contributed by atoms with van der Waals surface area (Å²) < 4.78 is 0. The Labute approximate surface area is 128 Å². The topological polar surface area (TPSA) is 40.5 Å². The maximum absolute atomic E-state index is 12.8. The van der Waals surface area contributed by atoms with Crippen LogP contribution in [0.2, 0.25) is 0 Å². The van der Waals surface area contributed by atoms with E-state index in [1.807, 2.05) is 17.9 Å². The summed E-state index contributed by atoms with van der Waals surface area (Å²) in [4.78, 5) is 16.1. The van der Waals surface area contributed by atoms with Gasteiger partial charge in [0.05, 0.1) is 11.6 Å². The quantitative estimate of drug-likeness (QED) is 0.913. The largest absolute Gasteiger partial charge is 0.507 e. The number of aryl methyl sites for hydroxylation is 1. The molecule has 1 aliphatic rings. The van der Waals surface area contributed by atoms with Gasteiger partial charge in [-0.15, -0.1) is 11.3 Å². The average molecular weight is 301 g/mol. The van der Waals surface area contributed by atoms with Crippen molar-refractivity contribution in [2.75, 3.05) is 6.54 Å². The van der Waals surface area contributed by atoms with Gasteiger partial charge in [-0.2, -0.15) is 0 Å². The number of amides is 1. The Balaban J connectivity index is 1.96. The Morgan fingerprint density at radius 3 is 3.00 bits per heavy atom. The second-order valence-electron chi connectivity index (χ2n) is 5.49. The summed E-state index contributed by atoms with van der Waals surface area (Å²) in [6.07, 6.45) is 1.80. The maximum atomic E-state index is 12.8. The van der Waals surface area contributed by atoms with Gasteiger partial charge in [0.2, 0.25) is 0 Å². The van der Waals surface area contributed by atoms with Gasteiger partial charge >= 0.3 is 0 Å². The van der Waals surface area contributed by atoms with Crippen molar-refractivity contribution < 1.29 is 9.90 Å². The SMILES string of the molecule is CCC1c2ccsc2CCN1C(=O)c1cc(C)ccc1O. The minimum atomic E-state index is -0.0695. The molecule has 1 N–H and O–H groups in total. The van der Waals surface area contributed by atoms with Crippen LogP contribution < -0.4 is 0 Å². The van der Waals surface area contributed by atoms with Crippen molar-refractivity contribution >= 4 is 17.2 Å². The lowest BCUT2D eigenvalue weighted by Gasteiger charge is -2.35. The molecule has 0 saturated carbocycles. The predicted molar refractivity (Wildman–Crippen MR) is 84.9 cm³/mol. The van der Waals surface area contributed by atoms with Crippen molar-refractivity contribution in [3.05, 3.63) is 51.2 Å². The fraction of sp³-hybridized carbons (Fsp3) is 0.353. The third-order valence-corrected chi connectivity index (χ3v) is 5.12. The zero-order valence-electron chi connectivity index (χ0n) is 12.3. The summed E-state index contributed by atoms with van der Waals surface area (Å²) in [5.74, 6) is -0.00327. The molecule has 1 atom stereocenters. The van der Waals surface area contributed by atoms with E-state index in [4.69, 9.17) is 0 Å². The fourth-order valence-electron chi connectivity index (χ4n) is 3.06. The van der Waals surface area contributed by atoms with Gasteiger partial charge in [-0.3, -0.25) is 4.79 Å². The molecule has 0 aliphatic carbocycles. The first kappa shape index (κ1) is 14.1. The highest BCUT2D eigenvalue weighted by Gasteiger charge is 2.31. The molecule has 3 nitrogen and oxygen atoms in total. The molecule has 1 unspecified atom stereocenters. The smallest absolute Gasteiger partial charge is 0.258 e. The second kappa shape index (κ2) is 5.53. The van der Waals surface area contributed by atoms with Crippen LogP contribution >= 0.6 is 11.3 Å². The van der Waals surface area contributed by atoms with Crippen molar-refractivity contribution in [1.29, 1.82) is 0 Å². The number of benzene rings is 1. The van der Waals surface area contributed by atoms with Crippen molar-refractivity contribution in [1.82, 2.24) is 4.90 Å². The number of hydrogen-bond donors (Lipinski definition) is 1. The van der Waals surface area contributed by atoms with Crippen LogP contribution in [0.1, 0.15) is 45.7 Å². The Bertz CT molecular complexity index is 677. The van der Waals surface area contributed by atoms with Gasteiger partial charge in [-0.05, 0) is 48.9 Å². The number of aromatic hydroxyl groups is 1. The molecule has 0 spiro atoms. The van der Waals surface area contributed by atoms with Crippen LogP contribution in [-0.2, 0) is 6.42 Å². The summed E-state index contributed by atoms with van der Waals surface area (Å²) in [5, 5.41) is 12.1. The molecule has 3 rings (SSSR count). The van der Waals surface area contributed by atoms with Crippen molar-refractivity contribution in [2.24, 2.45) is 0 Å². The first-order valence-corrected chi connectivity index (χ1v) is 8.16. The van der Waals surface area contributed by atoms with E-state index in [1.165, 1.54) is 10.4 Å². The van der Waals surface area contributed by atoms with Crippen LogP contribution in [0.5, 0.6) is 5.75 Å². The van der Waals surface area contributed by atoms with Gasteiger partial charge in [0, 0.05) is 11.4 Å². The highest BCUT2D eigenvalue weighted by Crippen LogP contribution is 2.36. The predicted octanol–water partition coefficient (Wildman–Crippen LogP) is 3.91. The van der Waals surface area contributed by atoms with Crippen LogP contribution in [0.4, 0.5) is 0 Å². The monoisotopic (exact) mass is 301 g/mol. The van der Waals surface area contributed by atoms with Crippen molar-refractivity contribution in [3.8, 4) is 5.75 Å². The van der Waals surface area contributed by atoms with Crippen LogP contribution in [0.15, 0.2) is 29.6 Å². The van der Waals surface area contributed by atoms with E-state index in [0.29, 0.717) is 5.56 Å². The van der Waals surface area contributed by atoms with E-state index in [-0.39, 0.29) is 17.7 Å². The van der Waals surface area contributed by atoms with Gasteiger partial charge in [0.15, 0.2) is 0 Å². The highest BCUT2D eigenvalue weighted by atomic mass is 32.1. The van der Waals surface area contributed by atoms with Crippen LogP contribution in [0, 0.1) is 6.92 Å². The van der Waals surface area contributed by atoms with E-state index < -0.39 is 0 Å². The Kier molecular flexibility index (Phi) is 3.72. The first-order valence-electron chi connectivity index (χ1n) is 7.28. The Morgan fingerprint density at radius 2 is 2.24 bits per heavy atom. The molecule has 1 aromatic carbocycles. The molecule has 0 fully saturated rings. The van der Waals surface area contributed by atoms with E-state index in [9.17, 15) is 9.90 Å². The van der Waals surface area contributed by atoms with Gasteiger partial charge in [-0.1, -0.05) is 18.6 Å². The Hall–Kier alpha value is -1.81. The van der Waals surface area contributed by atoms with Crippen molar-refractivity contribution in [3.63, 3.8) is 0 Å². The molecule has 21 heavy (non-hydrogen) atoms. The van der Waals surface area contributed by atoms with Gasteiger partial charge < -0.3 is 10.0 Å². The maximum Gasteiger partial charge on any atom is 0.258 e. The molecular formula is C17H19NO2S. The molecule has 4 heteroatoms. The number of carbonyl (C=O) groups excluding carboxylic acids is 1. The minimum Gasteiger partial charge on any atom is -0.507 e. The summed E-state index contributed by atoms with van der Waals surface area (Å²) in [6.45, 7) is 4.76. The lowest BCUT2D eigenvalue weighted by Crippen LogP contribution is -2.39. The molecule has 0 saturated heterocycles. The summed E-state index contributed by atoms with van der Waals surface area (Å²) in [5.41, 5.74) is 2.67. The molecule has 2 heterocycles. The van der Waals surface area contributed by atoms with Crippen LogP contribution in [-0.4, -0.2) is 22.5 Å². The number of fused-ring (bicyclic) bond motifs is 1. The lowest BCUT2D eigenvalue weighted by molar-refractivity contribution is 0.0654. The second-order valence-corrected chi connectivity index (χ2v) is 6.49. The summed E-state index contributed by atoms with van der Waals surface area (Å²) in [6, 6.07) is 7.43. The first-order chi connectivity index (χ1) is 10.1. The zero-order chi connectivity index (χ0) is 15.0. The molecule has 110 valence electrons. The van der Waals surface area contributed by atoms with E-state index in [1.54, 1.807) is 23.5 Å². The Morgan fingerprint density at radius 1 is 1.43 bits per heavy atom. The molecule has 1 amide bonds. The van der Waals surface area contributed by atoms with E-state index in [2.05, 4.69) is 18.4 Å². The van der Waals surface area contributed by atoms with Crippen LogP contribution in [0.25, 0.3) is 0 Å². The third-order valence-electron chi connectivity index (χ3n) is 4.12. The number of carbonyl (C=O) groups is 1. The standard InChI is InChI=1S/C17H19NO2S/c1-3-14-12-7-9-21-16(12)6-8-18(14)17(20)13-10-11(2)4-5-15(13)19/h4-5,7,9-10,14,19H,3,6,8H2,1-2H3. The number of thiophene rings is 1. The summed E-state index contributed by atoms with van der Waals surface area (Å²) >= 11 is 1.77. The number of nitrogens with zero attached hydrogens (tertiary/aromatic N) is 1. The van der Waals surface area contributed by atoms with Gasteiger partial charge in [0.25, 0.3) is 5.91 Å². The number of hydrogen-bond acceptors (Lipinski definition) is 3. The number of phenols is 1. The fourth-order valence-corrected chi connectivity index (χ4v) is 3.98. The van der Waals surface area contributed by atoms with Crippen LogP contribution in [0.3, 0.4) is 0 Å². The minimum absolute atomic E-state index is 0.0663. The average Bonchev–Trinajstić information content (AvgIpc) is 2.96. The molecule has 0 bridgehead atoms. The number of rotatable bonds is 2. The van der Waals surface area contributed by atoms with E-state index in [0.717, 1.165) is 24.9 Å². The molecular weight excluding hydrogens is 282 g/mol. The zero-order valence-corrected chi connectivity index (χ0v) is 13.1. The van der Waals surface area contributed by atoms with E-state index >= 15 is 0 Å². The van der Waals surface area contributed by atoms with Gasteiger partial charge in [-0.25, -0.2) is 0 Å². The third kappa shape index (κ3) is 2.44. The molecule has 1 aromatic heterocycles. The van der Waals surface area contributed by atoms with Gasteiger partial charge in [0.1, 0.15) is 5.75 Å². The normalized spacial score (nSPS) is 17.6. The van der Waals surface area contributed by atoms with Crippen molar-refractivity contribution in [2.45, 2.75) is 32.7 Å². The lowest BCUT2D eigenvalue weighted by atomic mass is 9.96.